The SMILES string of the molecule is CC(C)(C)C1CCC(O)(Cc2cccc(F)c2F)CC1. The highest BCUT2D eigenvalue weighted by molar-refractivity contribution is 5.21. The van der Waals surface area contributed by atoms with Crippen molar-refractivity contribution >= 4 is 0 Å². The van der Waals surface area contributed by atoms with E-state index in [1.54, 1.807) is 6.07 Å². The van der Waals surface area contributed by atoms with Crippen molar-refractivity contribution in [2.75, 3.05) is 0 Å². The van der Waals surface area contributed by atoms with Crippen LogP contribution < -0.4 is 0 Å². The van der Waals surface area contributed by atoms with E-state index in [-0.39, 0.29) is 17.4 Å². The zero-order valence-corrected chi connectivity index (χ0v) is 12.5. The molecule has 0 heterocycles. The number of aliphatic hydroxyl groups is 1. The first-order valence-electron chi connectivity index (χ1n) is 7.36. The van der Waals surface area contributed by atoms with Crippen LogP contribution in [0.2, 0.25) is 0 Å². The largest absolute Gasteiger partial charge is 0.390 e. The summed E-state index contributed by atoms with van der Waals surface area (Å²) in [7, 11) is 0. The van der Waals surface area contributed by atoms with Crippen molar-refractivity contribution in [3.63, 3.8) is 0 Å². The molecule has 0 bridgehead atoms. The monoisotopic (exact) mass is 282 g/mol. The predicted molar refractivity (Wildman–Crippen MR) is 76.4 cm³/mol. The van der Waals surface area contributed by atoms with Crippen molar-refractivity contribution in [1.82, 2.24) is 0 Å². The quantitative estimate of drug-likeness (QED) is 0.848. The maximum Gasteiger partial charge on any atom is 0.162 e. The molecule has 0 amide bonds. The molecule has 0 aromatic heterocycles. The van der Waals surface area contributed by atoms with E-state index >= 15 is 0 Å². The second-order valence-corrected chi connectivity index (χ2v) is 7.25. The Hall–Kier alpha value is -0.960. The van der Waals surface area contributed by atoms with Gasteiger partial charge in [0.15, 0.2) is 11.6 Å². The fourth-order valence-electron chi connectivity index (χ4n) is 3.24. The smallest absolute Gasteiger partial charge is 0.162 e. The molecule has 1 aromatic carbocycles. The Labute approximate surface area is 120 Å². The van der Waals surface area contributed by atoms with E-state index in [0.29, 0.717) is 18.8 Å². The van der Waals surface area contributed by atoms with Gasteiger partial charge in [-0.3, -0.25) is 0 Å². The fraction of sp³-hybridized carbons (Fsp3) is 0.647. The van der Waals surface area contributed by atoms with Crippen LogP contribution in [-0.4, -0.2) is 10.7 Å². The van der Waals surface area contributed by atoms with Gasteiger partial charge in [0.25, 0.3) is 0 Å². The number of halogens is 2. The van der Waals surface area contributed by atoms with Gasteiger partial charge in [-0.05, 0) is 48.6 Å². The van der Waals surface area contributed by atoms with Gasteiger partial charge in [-0.15, -0.1) is 0 Å². The van der Waals surface area contributed by atoms with Crippen LogP contribution in [-0.2, 0) is 6.42 Å². The highest BCUT2D eigenvalue weighted by atomic mass is 19.2. The molecule has 2 rings (SSSR count). The molecule has 112 valence electrons. The van der Waals surface area contributed by atoms with E-state index < -0.39 is 17.2 Å². The molecule has 1 saturated carbocycles. The van der Waals surface area contributed by atoms with Crippen LogP contribution >= 0.6 is 0 Å². The van der Waals surface area contributed by atoms with Gasteiger partial charge in [-0.1, -0.05) is 32.9 Å². The second-order valence-electron chi connectivity index (χ2n) is 7.25. The minimum absolute atomic E-state index is 0.202. The average Bonchev–Trinajstić information content (AvgIpc) is 2.34. The molecule has 0 aliphatic heterocycles. The van der Waals surface area contributed by atoms with Crippen LogP contribution in [0.25, 0.3) is 0 Å². The first-order chi connectivity index (χ1) is 9.21. The molecular formula is C17H24F2O. The molecule has 1 fully saturated rings. The number of benzene rings is 1. The number of rotatable bonds is 2. The van der Waals surface area contributed by atoms with E-state index in [0.717, 1.165) is 18.9 Å². The molecule has 3 heteroatoms. The Morgan fingerprint density at radius 3 is 2.35 bits per heavy atom. The molecule has 0 saturated heterocycles. The lowest BCUT2D eigenvalue weighted by Crippen LogP contribution is -2.39. The summed E-state index contributed by atoms with van der Waals surface area (Å²) in [6, 6.07) is 4.17. The zero-order valence-electron chi connectivity index (χ0n) is 12.5. The minimum atomic E-state index is -0.892. The summed E-state index contributed by atoms with van der Waals surface area (Å²) in [4.78, 5) is 0. The zero-order chi connectivity index (χ0) is 15.0. The third kappa shape index (κ3) is 3.38. The van der Waals surface area contributed by atoms with Gasteiger partial charge in [0.05, 0.1) is 5.60 Å². The summed E-state index contributed by atoms with van der Waals surface area (Å²) in [5.41, 5.74) is -0.372. The molecule has 1 aromatic rings. The minimum Gasteiger partial charge on any atom is -0.390 e. The summed E-state index contributed by atoms with van der Waals surface area (Å²) >= 11 is 0. The van der Waals surface area contributed by atoms with Gasteiger partial charge in [0.2, 0.25) is 0 Å². The molecule has 1 aliphatic carbocycles. The van der Waals surface area contributed by atoms with Crippen molar-refractivity contribution in [1.29, 1.82) is 0 Å². The summed E-state index contributed by atoms with van der Waals surface area (Å²) < 4.78 is 26.9. The molecular weight excluding hydrogens is 258 g/mol. The summed E-state index contributed by atoms with van der Waals surface area (Å²) in [6.07, 6.45) is 3.40. The highest BCUT2D eigenvalue weighted by Crippen LogP contribution is 2.42. The third-order valence-corrected chi connectivity index (χ3v) is 4.69. The first-order valence-corrected chi connectivity index (χ1v) is 7.36. The Bertz CT molecular complexity index is 468. The maximum atomic E-state index is 13.7. The Kier molecular flexibility index (Phi) is 4.19. The Morgan fingerprint density at radius 2 is 1.80 bits per heavy atom. The first kappa shape index (κ1) is 15.4. The fourth-order valence-corrected chi connectivity index (χ4v) is 3.24. The van der Waals surface area contributed by atoms with E-state index in [1.807, 2.05) is 0 Å². The van der Waals surface area contributed by atoms with E-state index in [9.17, 15) is 13.9 Å². The van der Waals surface area contributed by atoms with Gasteiger partial charge >= 0.3 is 0 Å². The topological polar surface area (TPSA) is 20.2 Å². The van der Waals surface area contributed by atoms with Crippen LogP contribution in [0, 0.1) is 23.0 Å². The average molecular weight is 282 g/mol. The van der Waals surface area contributed by atoms with Gasteiger partial charge in [-0.2, -0.15) is 0 Å². The highest BCUT2D eigenvalue weighted by Gasteiger charge is 2.37. The molecule has 1 aliphatic rings. The van der Waals surface area contributed by atoms with Crippen LogP contribution in [0.15, 0.2) is 18.2 Å². The van der Waals surface area contributed by atoms with Gasteiger partial charge in [0, 0.05) is 6.42 Å². The molecule has 0 radical (unpaired) electrons. The van der Waals surface area contributed by atoms with Crippen molar-refractivity contribution < 1.29 is 13.9 Å². The lowest BCUT2D eigenvalue weighted by atomic mass is 9.67. The van der Waals surface area contributed by atoms with Gasteiger partial charge in [-0.25, -0.2) is 8.78 Å². The maximum absolute atomic E-state index is 13.7. The molecule has 1 N–H and O–H groups in total. The Morgan fingerprint density at radius 1 is 1.20 bits per heavy atom. The molecule has 0 atom stereocenters. The van der Waals surface area contributed by atoms with E-state index in [1.165, 1.54) is 6.07 Å². The van der Waals surface area contributed by atoms with Gasteiger partial charge < -0.3 is 5.11 Å². The predicted octanol–water partition coefficient (Wildman–Crippen LogP) is 4.47. The lowest BCUT2D eigenvalue weighted by Gasteiger charge is -2.41. The van der Waals surface area contributed by atoms with Crippen molar-refractivity contribution in [2.45, 2.75) is 58.5 Å². The second kappa shape index (κ2) is 5.44. The van der Waals surface area contributed by atoms with Crippen molar-refractivity contribution in [2.24, 2.45) is 11.3 Å². The summed E-state index contributed by atoms with van der Waals surface area (Å²) in [5.74, 6) is -1.08. The molecule has 0 unspecified atom stereocenters. The van der Waals surface area contributed by atoms with E-state index in [4.69, 9.17) is 0 Å². The normalized spacial score (nSPS) is 27.6. The van der Waals surface area contributed by atoms with Crippen LogP contribution in [0.3, 0.4) is 0 Å². The molecule has 0 spiro atoms. The van der Waals surface area contributed by atoms with Crippen LogP contribution in [0.1, 0.15) is 52.0 Å². The third-order valence-electron chi connectivity index (χ3n) is 4.69. The summed E-state index contributed by atoms with van der Waals surface area (Å²) in [5, 5.41) is 10.6. The van der Waals surface area contributed by atoms with Crippen molar-refractivity contribution in [3.8, 4) is 0 Å². The van der Waals surface area contributed by atoms with Crippen molar-refractivity contribution in [3.05, 3.63) is 35.4 Å². The lowest BCUT2D eigenvalue weighted by molar-refractivity contribution is -0.0251. The van der Waals surface area contributed by atoms with Gasteiger partial charge in [0.1, 0.15) is 0 Å². The number of hydrogen-bond donors (Lipinski definition) is 1. The molecule has 20 heavy (non-hydrogen) atoms. The van der Waals surface area contributed by atoms with E-state index in [2.05, 4.69) is 20.8 Å². The Balaban J connectivity index is 2.05. The summed E-state index contributed by atoms with van der Waals surface area (Å²) in [6.45, 7) is 6.65. The number of hydrogen-bond acceptors (Lipinski definition) is 1. The van der Waals surface area contributed by atoms with Crippen LogP contribution in [0.5, 0.6) is 0 Å². The van der Waals surface area contributed by atoms with Crippen LogP contribution in [0.4, 0.5) is 8.78 Å². The standard InChI is InChI=1S/C17H24F2O/c1-16(2,3)13-7-9-17(20,10-8-13)11-12-5-4-6-14(18)15(12)19/h4-6,13,20H,7-11H2,1-3H3. The molecule has 1 nitrogen and oxygen atoms in total.